The van der Waals surface area contributed by atoms with Crippen LogP contribution >= 0.6 is 0 Å². The van der Waals surface area contributed by atoms with Crippen LogP contribution in [-0.4, -0.2) is 30.8 Å². The molecule has 3 N–H and O–H groups in total. The third-order valence-corrected chi connectivity index (χ3v) is 4.96. The molecular weight excluding hydrogens is 291 g/mol. The molecule has 0 radical (unpaired) electrons. The summed E-state index contributed by atoms with van der Waals surface area (Å²) < 4.78 is 12.1. The molecule has 1 fully saturated rings. The predicted octanol–water partition coefficient (Wildman–Crippen LogP) is 1.90. The second kappa shape index (κ2) is 5.48. The van der Waals surface area contributed by atoms with E-state index >= 15 is 0 Å². The Morgan fingerprint density at radius 1 is 1.30 bits per heavy atom. The Morgan fingerprint density at radius 2 is 1.96 bits per heavy atom. The first kappa shape index (κ1) is 16.2. The first-order chi connectivity index (χ1) is 10.7. The van der Waals surface area contributed by atoms with Crippen molar-refractivity contribution in [2.75, 3.05) is 6.54 Å². The molecule has 1 amide bonds. The van der Waals surface area contributed by atoms with Gasteiger partial charge in [0.1, 0.15) is 0 Å². The molecule has 1 aromatic rings. The Hall–Kier alpha value is -1.63. The number of rotatable bonds is 3. The van der Waals surface area contributed by atoms with Crippen LogP contribution in [0, 0.1) is 0 Å². The predicted molar refractivity (Wildman–Crippen MR) is 90.7 cm³/mol. The molecule has 23 heavy (non-hydrogen) atoms. The zero-order chi connectivity index (χ0) is 16.8. The first-order valence-electron chi connectivity index (χ1n) is 7.91. The fourth-order valence-electron chi connectivity index (χ4n) is 2.77. The fraction of sp³-hybridized carbons (Fsp3) is 0.471. The van der Waals surface area contributed by atoms with E-state index in [0.717, 1.165) is 22.2 Å². The summed E-state index contributed by atoms with van der Waals surface area (Å²) in [5.74, 6) is -0.0134. The van der Waals surface area contributed by atoms with Crippen LogP contribution in [0.15, 0.2) is 23.7 Å². The maximum atomic E-state index is 11.6. The van der Waals surface area contributed by atoms with Gasteiger partial charge in [-0.3, -0.25) is 4.79 Å². The highest BCUT2D eigenvalue weighted by atomic mass is 16.7. The van der Waals surface area contributed by atoms with Crippen LogP contribution in [0.2, 0.25) is 0 Å². The lowest BCUT2D eigenvalue weighted by Gasteiger charge is -2.32. The summed E-state index contributed by atoms with van der Waals surface area (Å²) in [5, 5.41) is 2.82. The largest absolute Gasteiger partial charge is 0.491 e. The van der Waals surface area contributed by atoms with Crippen LogP contribution < -0.4 is 11.1 Å². The lowest BCUT2D eigenvalue weighted by Crippen LogP contribution is -2.41. The Bertz CT molecular complexity index is 666. The fourth-order valence-corrected chi connectivity index (χ4v) is 2.77. The molecule has 0 spiro atoms. The lowest BCUT2D eigenvalue weighted by molar-refractivity contribution is 0.00578. The van der Waals surface area contributed by atoms with Gasteiger partial charge in [0.05, 0.1) is 11.2 Å². The molecule has 2 heterocycles. The highest BCUT2D eigenvalue weighted by Crippen LogP contribution is 2.38. The topological polar surface area (TPSA) is 73.6 Å². The number of nitrogens with one attached hydrogen (secondary N) is 1. The molecule has 0 aliphatic carbocycles. The zero-order valence-corrected chi connectivity index (χ0v) is 14.1. The minimum Gasteiger partial charge on any atom is -0.400 e. The Balaban J connectivity index is 1.87. The normalized spacial score (nSPS) is 22.2. The van der Waals surface area contributed by atoms with Crippen molar-refractivity contribution in [2.24, 2.45) is 5.73 Å². The molecule has 0 saturated carbocycles. The molecule has 5 nitrogen and oxygen atoms in total. The molecule has 2 aliphatic rings. The summed E-state index contributed by atoms with van der Waals surface area (Å²) in [6.45, 7) is 9.01. The third-order valence-electron chi connectivity index (χ3n) is 4.96. The Kier molecular flexibility index (Phi) is 3.87. The highest BCUT2D eigenvalue weighted by molar-refractivity contribution is 6.55. The summed E-state index contributed by atoms with van der Waals surface area (Å²) in [7, 11) is -0.446. The number of hydrogen-bond acceptors (Lipinski definition) is 4. The molecular formula is C17H23BN2O3. The van der Waals surface area contributed by atoms with Crippen molar-refractivity contribution < 1.29 is 14.1 Å². The number of benzene rings is 1. The number of carbonyl (C=O) groups is 1. The number of fused-ring (bicyclic) bond motifs is 1. The summed E-state index contributed by atoms with van der Waals surface area (Å²) >= 11 is 0. The summed E-state index contributed by atoms with van der Waals surface area (Å²) in [6.07, 6.45) is 1.99. The minimum atomic E-state index is -0.446. The third kappa shape index (κ3) is 2.82. The summed E-state index contributed by atoms with van der Waals surface area (Å²) in [6, 6.07) is 5.78. The van der Waals surface area contributed by atoms with Crippen molar-refractivity contribution in [3.05, 3.63) is 40.4 Å². The summed E-state index contributed by atoms with van der Waals surface area (Å²) in [4.78, 5) is 11.6. The van der Waals surface area contributed by atoms with Crippen molar-refractivity contribution >= 4 is 19.1 Å². The van der Waals surface area contributed by atoms with Gasteiger partial charge in [-0.15, -0.1) is 0 Å². The second-order valence-electron chi connectivity index (χ2n) is 7.11. The van der Waals surface area contributed by atoms with Crippen LogP contribution in [0.5, 0.6) is 0 Å². The molecule has 0 unspecified atom stereocenters. The van der Waals surface area contributed by atoms with Crippen LogP contribution in [0.1, 0.15) is 49.2 Å². The van der Waals surface area contributed by atoms with E-state index in [4.69, 9.17) is 15.0 Å². The average Bonchev–Trinajstić information content (AvgIpc) is 2.94. The van der Waals surface area contributed by atoms with E-state index < -0.39 is 7.12 Å². The van der Waals surface area contributed by atoms with Gasteiger partial charge in [0.2, 0.25) is 0 Å². The van der Waals surface area contributed by atoms with E-state index in [1.807, 2.05) is 52.0 Å². The van der Waals surface area contributed by atoms with Crippen molar-refractivity contribution in [2.45, 2.75) is 45.4 Å². The molecule has 1 saturated heterocycles. The van der Waals surface area contributed by atoms with E-state index in [9.17, 15) is 4.79 Å². The minimum absolute atomic E-state index is 0.0134. The van der Waals surface area contributed by atoms with E-state index in [-0.39, 0.29) is 17.1 Å². The number of nitrogens with two attached hydrogens (primary N) is 1. The van der Waals surface area contributed by atoms with E-state index in [0.29, 0.717) is 13.1 Å². The van der Waals surface area contributed by atoms with Gasteiger partial charge >= 0.3 is 7.12 Å². The Labute approximate surface area is 137 Å². The van der Waals surface area contributed by atoms with Crippen molar-refractivity contribution in [1.29, 1.82) is 0 Å². The second-order valence-corrected chi connectivity index (χ2v) is 7.11. The van der Waals surface area contributed by atoms with Gasteiger partial charge in [-0.25, -0.2) is 0 Å². The van der Waals surface area contributed by atoms with Gasteiger partial charge in [-0.05, 0) is 56.4 Å². The summed E-state index contributed by atoms with van der Waals surface area (Å²) in [5.41, 5.74) is 8.78. The SMILES string of the molecule is CC1(C)OB(C(=Cc2ccc3c(c2)CNC3=O)CN)OC1(C)C. The van der Waals surface area contributed by atoms with Gasteiger partial charge in [0, 0.05) is 18.7 Å². The van der Waals surface area contributed by atoms with Crippen LogP contribution in [0.3, 0.4) is 0 Å². The molecule has 122 valence electrons. The van der Waals surface area contributed by atoms with Crippen molar-refractivity contribution in [3.63, 3.8) is 0 Å². The van der Waals surface area contributed by atoms with E-state index in [2.05, 4.69) is 5.32 Å². The smallest absolute Gasteiger partial charge is 0.400 e. The maximum Gasteiger partial charge on any atom is 0.491 e. The van der Waals surface area contributed by atoms with Gasteiger partial charge in [-0.1, -0.05) is 12.1 Å². The monoisotopic (exact) mass is 314 g/mol. The number of carbonyl (C=O) groups excluding carboxylic acids is 1. The van der Waals surface area contributed by atoms with E-state index in [1.54, 1.807) is 0 Å². The van der Waals surface area contributed by atoms with Gasteiger partial charge in [-0.2, -0.15) is 0 Å². The highest BCUT2D eigenvalue weighted by Gasteiger charge is 2.52. The molecule has 0 aromatic heterocycles. The lowest BCUT2D eigenvalue weighted by atomic mass is 9.77. The first-order valence-corrected chi connectivity index (χ1v) is 7.91. The molecule has 6 heteroatoms. The standard InChI is InChI=1S/C17H23BN2O3/c1-16(2)17(3,4)23-18(22-16)13(9-19)8-11-5-6-14-12(7-11)10-20-15(14)21/h5-8H,9-10,19H2,1-4H3,(H,20,21). The molecule has 2 aliphatic heterocycles. The average molecular weight is 314 g/mol. The van der Waals surface area contributed by atoms with Crippen molar-refractivity contribution in [1.82, 2.24) is 5.32 Å². The zero-order valence-electron chi connectivity index (χ0n) is 14.1. The number of hydrogen-bond donors (Lipinski definition) is 2. The van der Waals surface area contributed by atoms with Crippen molar-refractivity contribution in [3.8, 4) is 0 Å². The van der Waals surface area contributed by atoms with Crippen LogP contribution in [0.25, 0.3) is 6.08 Å². The van der Waals surface area contributed by atoms with Gasteiger partial charge in [0.15, 0.2) is 0 Å². The van der Waals surface area contributed by atoms with E-state index in [1.165, 1.54) is 0 Å². The molecule has 0 atom stereocenters. The molecule has 0 bridgehead atoms. The number of amides is 1. The Morgan fingerprint density at radius 3 is 2.57 bits per heavy atom. The van der Waals surface area contributed by atoms with Gasteiger partial charge < -0.3 is 20.4 Å². The molecule has 3 rings (SSSR count). The van der Waals surface area contributed by atoms with Gasteiger partial charge in [0.25, 0.3) is 5.91 Å². The quantitative estimate of drug-likeness (QED) is 0.836. The molecule has 1 aromatic carbocycles. The van der Waals surface area contributed by atoms with Crippen LogP contribution in [-0.2, 0) is 15.9 Å². The van der Waals surface area contributed by atoms with Crippen LogP contribution in [0.4, 0.5) is 0 Å². The maximum absolute atomic E-state index is 11.6.